The molecule has 0 aliphatic carbocycles. The molecule has 0 amide bonds. The molecule has 0 bridgehead atoms. The maximum absolute atomic E-state index is 13.4. The van der Waals surface area contributed by atoms with Gasteiger partial charge in [0, 0.05) is 39.4 Å². The van der Waals surface area contributed by atoms with Crippen molar-refractivity contribution in [1.29, 1.82) is 0 Å². The van der Waals surface area contributed by atoms with Gasteiger partial charge in [-0.05, 0) is 37.1 Å². The van der Waals surface area contributed by atoms with Gasteiger partial charge in [-0.2, -0.15) is 5.10 Å². The molecule has 1 N–H and O–H groups in total. The lowest BCUT2D eigenvalue weighted by Gasteiger charge is -2.25. The number of aryl methyl sites for hydroxylation is 1. The van der Waals surface area contributed by atoms with E-state index in [9.17, 15) is 9.50 Å². The van der Waals surface area contributed by atoms with Gasteiger partial charge in [0.05, 0.1) is 18.3 Å². The van der Waals surface area contributed by atoms with Crippen LogP contribution in [0.1, 0.15) is 18.4 Å². The van der Waals surface area contributed by atoms with Gasteiger partial charge in [0.25, 0.3) is 0 Å². The fourth-order valence-electron chi connectivity index (χ4n) is 3.64. The van der Waals surface area contributed by atoms with Gasteiger partial charge < -0.3 is 14.6 Å². The van der Waals surface area contributed by atoms with Crippen LogP contribution >= 0.6 is 0 Å². The number of aliphatic hydroxyl groups is 1. The first-order valence-electron chi connectivity index (χ1n) is 11.1. The van der Waals surface area contributed by atoms with Crippen LogP contribution in [0.25, 0.3) is 11.3 Å². The highest BCUT2D eigenvalue weighted by atomic mass is 19.1. The monoisotopic (exact) mass is 453 g/mol. The Kier molecular flexibility index (Phi) is 9.18. The minimum Gasteiger partial charge on any atom is -0.439 e. The topological polar surface area (TPSA) is 59.8 Å². The number of ether oxygens (including phenoxy) is 2. The van der Waals surface area contributed by atoms with Crippen molar-refractivity contribution in [1.82, 2.24) is 14.7 Å². The zero-order valence-electron chi connectivity index (χ0n) is 19.3. The highest BCUT2D eigenvalue weighted by molar-refractivity contribution is 5.65. The molecule has 0 aliphatic rings. The zero-order valence-corrected chi connectivity index (χ0v) is 19.3. The molecule has 3 rings (SSSR count). The van der Waals surface area contributed by atoms with E-state index in [1.54, 1.807) is 23.9 Å². The molecule has 1 atom stereocenters. The van der Waals surface area contributed by atoms with Crippen molar-refractivity contribution in [3.05, 3.63) is 78.6 Å². The Morgan fingerprint density at radius 2 is 1.91 bits per heavy atom. The Labute approximate surface area is 194 Å². The maximum atomic E-state index is 13.4. The van der Waals surface area contributed by atoms with Crippen molar-refractivity contribution in [2.75, 3.05) is 26.8 Å². The fourth-order valence-corrected chi connectivity index (χ4v) is 3.64. The molecule has 176 valence electrons. The molecule has 0 saturated heterocycles. The predicted molar refractivity (Wildman–Crippen MR) is 128 cm³/mol. The van der Waals surface area contributed by atoms with E-state index in [1.165, 1.54) is 12.1 Å². The maximum Gasteiger partial charge on any atom is 0.222 e. The summed E-state index contributed by atoms with van der Waals surface area (Å²) in [6, 6.07) is 15.8. The van der Waals surface area contributed by atoms with Crippen LogP contribution in [0.4, 0.5) is 4.39 Å². The quantitative estimate of drug-likeness (QED) is 0.377. The number of rotatable bonds is 13. The van der Waals surface area contributed by atoms with Gasteiger partial charge in [-0.3, -0.25) is 4.90 Å². The van der Waals surface area contributed by atoms with Gasteiger partial charge in [0.2, 0.25) is 5.88 Å². The Balaban J connectivity index is 1.96. The van der Waals surface area contributed by atoms with Gasteiger partial charge in [0.1, 0.15) is 17.3 Å². The number of nitrogens with zero attached hydrogens (tertiary/aromatic N) is 3. The van der Waals surface area contributed by atoms with Gasteiger partial charge >= 0.3 is 0 Å². The summed E-state index contributed by atoms with van der Waals surface area (Å²) in [4.78, 5) is 2.14. The molecule has 2 aromatic carbocycles. The molecule has 0 aliphatic heterocycles. The average molecular weight is 454 g/mol. The minimum atomic E-state index is -0.488. The number of hydrogen-bond acceptors (Lipinski definition) is 5. The Bertz CT molecular complexity index is 1010. The second-order valence-electron chi connectivity index (χ2n) is 7.93. The molecule has 7 heteroatoms. The molecule has 33 heavy (non-hydrogen) atoms. The molecular formula is C26H32FN3O3. The van der Waals surface area contributed by atoms with E-state index in [-0.39, 0.29) is 5.82 Å². The van der Waals surface area contributed by atoms with Crippen LogP contribution in [0.15, 0.2) is 67.3 Å². The van der Waals surface area contributed by atoms with E-state index in [1.807, 2.05) is 43.5 Å². The van der Waals surface area contributed by atoms with Crippen molar-refractivity contribution in [2.24, 2.45) is 7.05 Å². The van der Waals surface area contributed by atoms with Gasteiger partial charge in [-0.25, -0.2) is 9.07 Å². The number of aromatic nitrogens is 2. The second kappa shape index (κ2) is 12.3. The van der Waals surface area contributed by atoms with Crippen molar-refractivity contribution in [3.8, 4) is 22.9 Å². The summed E-state index contributed by atoms with van der Waals surface area (Å²) in [5.74, 6) is 0.773. The van der Waals surface area contributed by atoms with Crippen LogP contribution < -0.4 is 4.74 Å². The molecule has 1 aromatic heterocycles. The number of allylic oxidation sites excluding steroid dienone is 1. The third-order valence-corrected chi connectivity index (χ3v) is 5.33. The van der Waals surface area contributed by atoms with E-state index < -0.39 is 6.10 Å². The lowest BCUT2D eigenvalue weighted by Crippen LogP contribution is -2.34. The van der Waals surface area contributed by atoms with Crippen molar-refractivity contribution >= 4 is 0 Å². The van der Waals surface area contributed by atoms with Gasteiger partial charge in [-0.1, -0.05) is 36.4 Å². The summed E-state index contributed by atoms with van der Waals surface area (Å²) in [5.41, 5.74) is 2.66. The largest absolute Gasteiger partial charge is 0.439 e. The normalized spacial score (nSPS) is 12.2. The first-order valence-corrected chi connectivity index (χ1v) is 11.1. The van der Waals surface area contributed by atoms with Crippen molar-refractivity contribution in [2.45, 2.75) is 25.5 Å². The lowest BCUT2D eigenvalue weighted by atomic mass is 10.1. The molecular weight excluding hydrogens is 421 g/mol. The number of halogens is 1. The van der Waals surface area contributed by atoms with Gasteiger partial charge in [-0.15, -0.1) is 6.58 Å². The van der Waals surface area contributed by atoms with Crippen LogP contribution in [0.5, 0.6) is 11.6 Å². The first-order chi connectivity index (χ1) is 16.0. The van der Waals surface area contributed by atoms with Crippen LogP contribution in [0.2, 0.25) is 0 Å². The Morgan fingerprint density at radius 3 is 2.58 bits per heavy atom. The third-order valence-electron chi connectivity index (χ3n) is 5.33. The highest BCUT2D eigenvalue weighted by Gasteiger charge is 2.23. The van der Waals surface area contributed by atoms with Crippen LogP contribution in [0.3, 0.4) is 0 Å². The zero-order chi connectivity index (χ0) is 23.6. The summed E-state index contributed by atoms with van der Waals surface area (Å²) in [7, 11) is 3.49. The van der Waals surface area contributed by atoms with Crippen molar-refractivity contribution < 1.29 is 19.0 Å². The number of aliphatic hydroxyl groups excluding tert-OH is 1. The van der Waals surface area contributed by atoms with Gasteiger partial charge in [0.15, 0.2) is 0 Å². The molecule has 1 unspecified atom stereocenters. The average Bonchev–Trinajstić information content (AvgIpc) is 3.13. The molecule has 0 fully saturated rings. The lowest BCUT2D eigenvalue weighted by molar-refractivity contribution is 0.0806. The standard InChI is InChI=1S/C26H32FN3O3/c1-4-5-11-22(31)18-30(16-17-32-3)19-24-25(20-9-7-6-8-10-20)28-29(2)26(24)33-23-14-12-21(27)13-15-23/h4,6-10,12-15,22,31H,1,5,11,16-19H2,2-3H3. The third kappa shape index (κ3) is 6.99. The molecule has 0 spiro atoms. The predicted octanol–water partition coefficient (Wildman–Crippen LogP) is 4.79. The molecule has 3 aromatic rings. The van der Waals surface area contributed by atoms with Crippen molar-refractivity contribution in [3.63, 3.8) is 0 Å². The Hall–Kier alpha value is -3.00. The SMILES string of the molecule is C=CCCC(O)CN(CCOC)Cc1c(-c2ccccc2)nn(C)c1Oc1ccc(F)cc1. The van der Waals surface area contributed by atoms with Crippen LogP contribution in [-0.2, 0) is 18.3 Å². The fraction of sp³-hybridized carbons (Fsp3) is 0.346. The van der Waals surface area contributed by atoms with E-state index in [4.69, 9.17) is 14.6 Å². The summed E-state index contributed by atoms with van der Waals surface area (Å²) in [6.07, 6.45) is 2.72. The molecule has 0 saturated carbocycles. The summed E-state index contributed by atoms with van der Waals surface area (Å²) in [5, 5.41) is 15.3. The van der Waals surface area contributed by atoms with Crippen LogP contribution in [0, 0.1) is 5.82 Å². The summed E-state index contributed by atoms with van der Waals surface area (Å²) in [6.45, 7) is 5.89. The number of benzene rings is 2. The second-order valence-corrected chi connectivity index (χ2v) is 7.93. The molecule has 1 heterocycles. The van der Waals surface area contributed by atoms with E-state index >= 15 is 0 Å². The summed E-state index contributed by atoms with van der Waals surface area (Å²) < 4.78 is 26.6. The molecule has 0 radical (unpaired) electrons. The number of hydrogen-bond donors (Lipinski definition) is 1. The highest BCUT2D eigenvalue weighted by Crippen LogP contribution is 2.34. The number of methoxy groups -OCH3 is 1. The van der Waals surface area contributed by atoms with E-state index in [2.05, 4.69) is 11.5 Å². The first kappa shape index (κ1) is 24.6. The Morgan fingerprint density at radius 1 is 1.18 bits per heavy atom. The summed E-state index contributed by atoms with van der Waals surface area (Å²) >= 11 is 0. The van der Waals surface area contributed by atoms with E-state index in [0.717, 1.165) is 23.2 Å². The molecule has 6 nitrogen and oxygen atoms in total. The van der Waals surface area contributed by atoms with E-state index in [0.29, 0.717) is 44.3 Å². The smallest absolute Gasteiger partial charge is 0.222 e. The van der Waals surface area contributed by atoms with Crippen LogP contribution in [-0.4, -0.2) is 52.7 Å². The minimum absolute atomic E-state index is 0.322.